The van der Waals surface area contributed by atoms with Crippen molar-refractivity contribution in [3.05, 3.63) is 0 Å². The van der Waals surface area contributed by atoms with E-state index in [4.69, 9.17) is 10.5 Å². The second kappa shape index (κ2) is 10.8. The number of carbonyl (C=O) groups is 2. The van der Waals surface area contributed by atoms with E-state index in [9.17, 15) is 9.59 Å². The maximum absolute atomic E-state index is 11.8. The van der Waals surface area contributed by atoms with Crippen LogP contribution in [0, 0.1) is 11.3 Å². The van der Waals surface area contributed by atoms with Crippen LogP contribution in [0.25, 0.3) is 0 Å². The lowest BCUT2D eigenvalue weighted by molar-refractivity contribution is -0.628. The third-order valence-corrected chi connectivity index (χ3v) is 2.84. The smallest absolute Gasteiger partial charge is 0.311 e. The van der Waals surface area contributed by atoms with Crippen molar-refractivity contribution >= 4 is 11.9 Å². The standard InChI is InChI=1S/C12H24N2O3.C2H6/c1-5-9(10(13)15)8-12(2,3)11(16)17-7-6-14-4;1-2/h9,14H,5-8H2,1-4H3,(H2,13,15);1-2H3/p+1/t9-;/m1./s1. The molecule has 0 aliphatic carbocycles. The summed E-state index contributed by atoms with van der Waals surface area (Å²) in [5.41, 5.74) is 4.62. The normalized spacial score (nSPS) is 12.1. The Morgan fingerprint density at radius 1 is 1.32 bits per heavy atom. The van der Waals surface area contributed by atoms with E-state index in [1.165, 1.54) is 0 Å². The quantitative estimate of drug-likeness (QED) is 0.504. The Morgan fingerprint density at radius 3 is 2.21 bits per heavy atom. The lowest BCUT2D eigenvalue weighted by atomic mass is 9.81. The van der Waals surface area contributed by atoms with E-state index in [2.05, 4.69) is 0 Å². The molecule has 0 aromatic heterocycles. The molecule has 0 aliphatic heterocycles. The summed E-state index contributed by atoms with van der Waals surface area (Å²) in [5.74, 6) is -0.885. The third kappa shape index (κ3) is 8.59. The molecule has 0 unspecified atom stereocenters. The number of hydrogen-bond donors (Lipinski definition) is 2. The summed E-state index contributed by atoms with van der Waals surface area (Å²) in [6.07, 6.45) is 1.09. The van der Waals surface area contributed by atoms with E-state index in [0.29, 0.717) is 19.4 Å². The lowest BCUT2D eigenvalue weighted by Crippen LogP contribution is -2.80. The number of primary amides is 1. The molecule has 0 bridgehead atoms. The van der Waals surface area contributed by atoms with Crippen LogP contribution < -0.4 is 11.1 Å². The Morgan fingerprint density at radius 2 is 1.84 bits per heavy atom. The molecule has 0 fully saturated rings. The highest BCUT2D eigenvalue weighted by Gasteiger charge is 2.33. The van der Waals surface area contributed by atoms with Crippen molar-refractivity contribution < 1.29 is 19.6 Å². The molecular weight excluding hydrogens is 244 g/mol. The predicted molar refractivity (Wildman–Crippen MR) is 76.4 cm³/mol. The third-order valence-electron chi connectivity index (χ3n) is 2.84. The van der Waals surface area contributed by atoms with E-state index < -0.39 is 5.41 Å². The molecule has 0 aromatic rings. The number of hydrogen-bond acceptors (Lipinski definition) is 3. The lowest BCUT2D eigenvalue weighted by Gasteiger charge is -2.25. The van der Waals surface area contributed by atoms with Gasteiger partial charge in [0, 0.05) is 5.92 Å². The first-order valence-electron chi connectivity index (χ1n) is 7.09. The summed E-state index contributed by atoms with van der Waals surface area (Å²) >= 11 is 0. The van der Waals surface area contributed by atoms with Crippen molar-refractivity contribution in [3.63, 3.8) is 0 Å². The van der Waals surface area contributed by atoms with Gasteiger partial charge in [-0.3, -0.25) is 9.59 Å². The van der Waals surface area contributed by atoms with Crippen LogP contribution in [-0.4, -0.2) is 32.1 Å². The van der Waals surface area contributed by atoms with Gasteiger partial charge in [-0.15, -0.1) is 0 Å². The molecule has 5 nitrogen and oxygen atoms in total. The molecule has 0 saturated heterocycles. The molecular formula is C14H31N2O3+. The molecule has 0 radical (unpaired) electrons. The van der Waals surface area contributed by atoms with E-state index in [-0.39, 0.29) is 17.8 Å². The Bertz CT molecular complexity index is 265. The fourth-order valence-electron chi connectivity index (χ4n) is 1.61. The summed E-state index contributed by atoms with van der Waals surface area (Å²) < 4.78 is 5.15. The van der Waals surface area contributed by atoms with Gasteiger partial charge in [-0.25, -0.2) is 0 Å². The van der Waals surface area contributed by atoms with Gasteiger partial charge in [0.25, 0.3) is 0 Å². The van der Waals surface area contributed by atoms with Gasteiger partial charge in [0.05, 0.1) is 12.5 Å². The molecule has 1 amide bonds. The molecule has 19 heavy (non-hydrogen) atoms. The Kier molecular flexibility index (Phi) is 11.5. The zero-order valence-electron chi connectivity index (χ0n) is 13.3. The molecule has 0 rings (SSSR count). The van der Waals surface area contributed by atoms with Gasteiger partial charge in [0.1, 0.15) is 13.2 Å². The predicted octanol–water partition coefficient (Wildman–Crippen LogP) is 0.677. The molecule has 0 aliphatic rings. The first-order valence-corrected chi connectivity index (χ1v) is 7.09. The fraction of sp³-hybridized carbons (Fsp3) is 0.857. The largest absolute Gasteiger partial charge is 0.459 e. The Hall–Kier alpha value is -1.10. The summed E-state index contributed by atoms with van der Waals surface area (Å²) in [6, 6.07) is 0. The monoisotopic (exact) mass is 275 g/mol. The molecule has 0 saturated carbocycles. The second-order valence-corrected chi connectivity index (χ2v) is 4.93. The fourth-order valence-corrected chi connectivity index (χ4v) is 1.61. The van der Waals surface area contributed by atoms with Crippen molar-refractivity contribution in [2.24, 2.45) is 17.1 Å². The van der Waals surface area contributed by atoms with Gasteiger partial charge in [-0.05, 0) is 26.7 Å². The van der Waals surface area contributed by atoms with Crippen LogP contribution in [0.5, 0.6) is 0 Å². The number of nitrogens with two attached hydrogens (primary N) is 2. The molecule has 0 aromatic carbocycles. The van der Waals surface area contributed by atoms with Crippen molar-refractivity contribution in [2.75, 3.05) is 20.2 Å². The molecule has 1 atom stereocenters. The van der Waals surface area contributed by atoms with Gasteiger partial charge >= 0.3 is 5.97 Å². The average Bonchev–Trinajstić information content (AvgIpc) is 2.38. The molecule has 4 N–H and O–H groups in total. The summed E-state index contributed by atoms with van der Waals surface area (Å²) in [6.45, 7) is 10.6. The molecule has 0 spiro atoms. The van der Waals surface area contributed by atoms with E-state index in [0.717, 1.165) is 6.54 Å². The zero-order chi connectivity index (χ0) is 15.5. The second-order valence-electron chi connectivity index (χ2n) is 4.93. The SMILES string of the molecule is CC.CC[C@H](CC(C)(C)C(=O)OCC[NH2+]C)C(N)=O. The van der Waals surface area contributed by atoms with Gasteiger partial charge in [-0.2, -0.15) is 0 Å². The highest BCUT2D eigenvalue weighted by molar-refractivity contribution is 5.80. The maximum atomic E-state index is 11.8. The van der Waals surface area contributed by atoms with Gasteiger partial charge < -0.3 is 15.8 Å². The van der Waals surface area contributed by atoms with Gasteiger partial charge in [0.2, 0.25) is 5.91 Å². The van der Waals surface area contributed by atoms with Crippen LogP contribution in [0.2, 0.25) is 0 Å². The maximum Gasteiger partial charge on any atom is 0.311 e. The minimum absolute atomic E-state index is 0.265. The van der Waals surface area contributed by atoms with Crippen molar-refractivity contribution in [2.45, 2.75) is 47.5 Å². The number of amides is 1. The number of esters is 1. The number of quaternary nitrogens is 1. The average molecular weight is 275 g/mol. The van der Waals surface area contributed by atoms with Crippen LogP contribution in [0.4, 0.5) is 0 Å². The highest BCUT2D eigenvalue weighted by Crippen LogP contribution is 2.28. The van der Waals surface area contributed by atoms with Gasteiger partial charge in [-0.1, -0.05) is 20.8 Å². The first kappa shape index (κ1) is 20.2. The Balaban J connectivity index is 0. The van der Waals surface area contributed by atoms with Crippen molar-refractivity contribution in [3.8, 4) is 0 Å². The summed E-state index contributed by atoms with van der Waals surface area (Å²) in [4.78, 5) is 23.0. The van der Waals surface area contributed by atoms with Crippen LogP contribution in [0.1, 0.15) is 47.5 Å². The minimum atomic E-state index is -0.663. The van der Waals surface area contributed by atoms with Crippen LogP contribution in [-0.2, 0) is 14.3 Å². The van der Waals surface area contributed by atoms with E-state index in [1.54, 1.807) is 13.8 Å². The highest BCUT2D eigenvalue weighted by atomic mass is 16.5. The number of rotatable bonds is 8. The first-order chi connectivity index (χ1) is 8.85. The Labute approximate surface area is 117 Å². The zero-order valence-corrected chi connectivity index (χ0v) is 13.3. The number of carbonyl (C=O) groups excluding carboxylic acids is 2. The van der Waals surface area contributed by atoms with Gasteiger partial charge in [0.15, 0.2) is 0 Å². The number of likely N-dealkylation sites (N-methyl/N-ethyl adjacent to an activating group) is 1. The summed E-state index contributed by atoms with van der Waals surface area (Å²) in [7, 11) is 1.92. The van der Waals surface area contributed by atoms with Crippen LogP contribution in [0.15, 0.2) is 0 Å². The van der Waals surface area contributed by atoms with Crippen LogP contribution >= 0.6 is 0 Å². The minimum Gasteiger partial charge on any atom is -0.459 e. The van der Waals surface area contributed by atoms with E-state index in [1.807, 2.05) is 33.1 Å². The summed E-state index contributed by atoms with van der Waals surface area (Å²) in [5, 5.41) is 1.94. The molecule has 114 valence electrons. The van der Waals surface area contributed by atoms with E-state index >= 15 is 0 Å². The molecule has 5 heteroatoms. The molecule has 0 heterocycles. The van der Waals surface area contributed by atoms with Crippen molar-refractivity contribution in [1.29, 1.82) is 0 Å². The number of ether oxygens (including phenoxy) is 1. The topological polar surface area (TPSA) is 86.0 Å². The van der Waals surface area contributed by atoms with Crippen molar-refractivity contribution in [1.82, 2.24) is 0 Å². The van der Waals surface area contributed by atoms with Crippen LogP contribution in [0.3, 0.4) is 0 Å².